The highest BCUT2D eigenvalue weighted by molar-refractivity contribution is 7.07. The first kappa shape index (κ1) is 25.2. The minimum Gasteiger partial charge on any atom is -0.504 e. The number of thiazole rings is 1. The predicted molar refractivity (Wildman–Crippen MR) is 147 cm³/mol. The van der Waals surface area contributed by atoms with E-state index in [9.17, 15) is 14.7 Å². The zero-order valence-electron chi connectivity index (χ0n) is 21.0. The normalized spacial score (nSPS) is 15.1. The molecule has 2 heterocycles. The lowest BCUT2D eigenvalue weighted by Crippen LogP contribution is -2.39. The van der Waals surface area contributed by atoms with E-state index in [4.69, 9.17) is 14.5 Å². The Balaban J connectivity index is 1.78. The summed E-state index contributed by atoms with van der Waals surface area (Å²) in [5, 5.41) is 10.1. The first-order valence-corrected chi connectivity index (χ1v) is 13.1. The SMILES string of the molecule is CCOC(=O)C1=C(c2ccccc2)N=c2s/c(=C\c3ccc(O)c(OCC)c3)c(=O)n2[C@@H]1c1ccccc1. The van der Waals surface area contributed by atoms with Gasteiger partial charge < -0.3 is 14.6 Å². The Morgan fingerprint density at radius 1 is 1.03 bits per heavy atom. The molecule has 1 aliphatic heterocycles. The number of ether oxygens (including phenoxy) is 2. The lowest BCUT2D eigenvalue weighted by atomic mass is 9.93. The van der Waals surface area contributed by atoms with Gasteiger partial charge in [0.1, 0.15) is 0 Å². The Kier molecular flexibility index (Phi) is 7.24. The Morgan fingerprint density at radius 3 is 2.42 bits per heavy atom. The van der Waals surface area contributed by atoms with Crippen molar-refractivity contribution in [3.05, 3.63) is 121 Å². The number of benzene rings is 3. The molecule has 0 spiro atoms. The third kappa shape index (κ3) is 4.78. The van der Waals surface area contributed by atoms with E-state index < -0.39 is 12.0 Å². The standard InChI is InChI=1S/C30H26N2O5S/c1-3-36-23-17-19(15-16-22(23)33)18-24-28(34)32-27(21-13-9-6-10-14-21)25(29(35)37-4-2)26(31-30(32)38-24)20-11-7-5-8-12-20/h5-18,27,33H,3-4H2,1-2H3/b24-18-/t27-/m1/s1. The second-order valence-electron chi connectivity index (χ2n) is 8.50. The van der Waals surface area contributed by atoms with Gasteiger partial charge in [-0.05, 0) is 43.2 Å². The van der Waals surface area contributed by atoms with Gasteiger partial charge in [0.15, 0.2) is 16.3 Å². The molecule has 0 aliphatic carbocycles. The molecule has 0 radical (unpaired) electrons. The fourth-order valence-electron chi connectivity index (χ4n) is 4.43. The highest BCUT2D eigenvalue weighted by Gasteiger charge is 2.35. The number of aromatic hydroxyl groups is 1. The fourth-order valence-corrected chi connectivity index (χ4v) is 5.44. The van der Waals surface area contributed by atoms with Crippen LogP contribution in [0.15, 0.2) is 94.2 Å². The van der Waals surface area contributed by atoms with E-state index in [2.05, 4.69) is 0 Å². The van der Waals surface area contributed by atoms with Gasteiger partial charge in [0.2, 0.25) is 0 Å². The van der Waals surface area contributed by atoms with Crippen LogP contribution in [-0.4, -0.2) is 28.9 Å². The van der Waals surface area contributed by atoms with Crippen molar-refractivity contribution < 1.29 is 19.4 Å². The molecule has 7 nitrogen and oxygen atoms in total. The van der Waals surface area contributed by atoms with Crippen molar-refractivity contribution in [1.29, 1.82) is 0 Å². The maximum absolute atomic E-state index is 13.9. The molecule has 3 aromatic carbocycles. The number of nitrogens with zero attached hydrogens (tertiary/aromatic N) is 2. The third-order valence-electron chi connectivity index (χ3n) is 6.07. The first-order valence-electron chi connectivity index (χ1n) is 12.3. The minimum absolute atomic E-state index is 0.0288. The van der Waals surface area contributed by atoms with Crippen LogP contribution >= 0.6 is 11.3 Å². The summed E-state index contributed by atoms with van der Waals surface area (Å²) in [6.07, 6.45) is 1.74. The quantitative estimate of drug-likeness (QED) is 0.367. The van der Waals surface area contributed by atoms with Crippen molar-refractivity contribution in [2.45, 2.75) is 19.9 Å². The average Bonchev–Trinajstić information content (AvgIpc) is 3.25. The van der Waals surface area contributed by atoms with Gasteiger partial charge in [0.05, 0.1) is 35.1 Å². The summed E-state index contributed by atoms with van der Waals surface area (Å²) in [4.78, 5) is 32.6. The lowest BCUT2D eigenvalue weighted by Gasteiger charge is -2.25. The van der Waals surface area contributed by atoms with E-state index in [1.807, 2.05) is 67.6 Å². The molecule has 0 bridgehead atoms. The highest BCUT2D eigenvalue weighted by atomic mass is 32.1. The molecule has 0 fully saturated rings. The van der Waals surface area contributed by atoms with Gasteiger partial charge in [0, 0.05) is 5.56 Å². The molecule has 38 heavy (non-hydrogen) atoms. The summed E-state index contributed by atoms with van der Waals surface area (Å²) < 4.78 is 13.0. The molecule has 0 saturated carbocycles. The Hall–Kier alpha value is -4.43. The third-order valence-corrected chi connectivity index (χ3v) is 7.05. The number of hydrogen-bond acceptors (Lipinski definition) is 7. The minimum atomic E-state index is -0.720. The number of carbonyl (C=O) groups is 1. The van der Waals surface area contributed by atoms with Gasteiger partial charge in [-0.15, -0.1) is 0 Å². The molecule has 1 aromatic heterocycles. The smallest absolute Gasteiger partial charge is 0.338 e. The number of carbonyl (C=O) groups excluding carboxylic acids is 1. The second kappa shape index (κ2) is 10.9. The van der Waals surface area contributed by atoms with Crippen molar-refractivity contribution in [2.24, 2.45) is 4.99 Å². The van der Waals surface area contributed by atoms with E-state index in [0.717, 1.165) is 11.1 Å². The Morgan fingerprint density at radius 2 is 1.74 bits per heavy atom. The Labute approximate surface area is 223 Å². The molecule has 0 saturated heterocycles. The van der Waals surface area contributed by atoms with Crippen molar-refractivity contribution in [3.8, 4) is 11.5 Å². The van der Waals surface area contributed by atoms with Crippen LogP contribution in [0.4, 0.5) is 0 Å². The van der Waals surface area contributed by atoms with Crippen molar-refractivity contribution in [2.75, 3.05) is 13.2 Å². The van der Waals surface area contributed by atoms with Crippen molar-refractivity contribution in [1.82, 2.24) is 4.57 Å². The Bertz CT molecular complexity index is 1690. The number of esters is 1. The molecular formula is C30H26N2O5S. The van der Waals surface area contributed by atoms with E-state index in [-0.39, 0.29) is 17.9 Å². The van der Waals surface area contributed by atoms with Crippen LogP contribution in [0.5, 0.6) is 11.5 Å². The summed E-state index contributed by atoms with van der Waals surface area (Å²) in [6.45, 7) is 4.18. The summed E-state index contributed by atoms with van der Waals surface area (Å²) in [5.74, 6) is -0.147. The molecule has 0 unspecified atom stereocenters. The van der Waals surface area contributed by atoms with Gasteiger partial charge in [-0.25, -0.2) is 9.79 Å². The summed E-state index contributed by atoms with van der Waals surface area (Å²) >= 11 is 1.24. The van der Waals surface area contributed by atoms with Crippen LogP contribution in [0.2, 0.25) is 0 Å². The van der Waals surface area contributed by atoms with Crippen LogP contribution in [0.3, 0.4) is 0 Å². The van der Waals surface area contributed by atoms with E-state index in [1.54, 1.807) is 29.7 Å². The molecule has 5 rings (SSSR count). The van der Waals surface area contributed by atoms with Crippen LogP contribution in [0.25, 0.3) is 11.8 Å². The van der Waals surface area contributed by atoms with E-state index in [0.29, 0.717) is 38.5 Å². The number of phenols is 1. The average molecular weight is 527 g/mol. The molecule has 1 aliphatic rings. The van der Waals surface area contributed by atoms with Crippen LogP contribution < -0.4 is 19.6 Å². The van der Waals surface area contributed by atoms with Gasteiger partial charge in [0.25, 0.3) is 5.56 Å². The molecule has 1 atom stereocenters. The topological polar surface area (TPSA) is 90.1 Å². The van der Waals surface area contributed by atoms with Crippen molar-refractivity contribution in [3.63, 3.8) is 0 Å². The number of rotatable bonds is 7. The monoisotopic (exact) mass is 526 g/mol. The van der Waals surface area contributed by atoms with E-state index in [1.165, 1.54) is 17.4 Å². The first-order chi connectivity index (χ1) is 18.5. The zero-order valence-corrected chi connectivity index (χ0v) is 21.8. The number of fused-ring (bicyclic) bond motifs is 1. The second-order valence-corrected chi connectivity index (χ2v) is 9.51. The summed E-state index contributed by atoms with van der Waals surface area (Å²) in [7, 11) is 0. The lowest BCUT2D eigenvalue weighted by molar-refractivity contribution is -0.138. The van der Waals surface area contributed by atoms with Crippen LogP contribution in [0, 0.1) is 0 Å². The molecule has 8 heteroatoms. The van der Waals surface area contributed by atoms with Crippen molar-refractivity contribution >= 4 is 29.1 Å². The number of hydrogen-bond donors (Lipinski definition) is 1. The van der Waals surface area contributed by atoms with E-state index >= 15 is 0 Å². The zero-order chi connectivity index (χ0) is 26.6. The van der Waals surface area contributed by atoms with Gasteiger partial charge in [-0.1, -0.05) is 78.1 Å². The molecule has 1 N–H and O–H groups in total. The summed E-state index contributed by atoms with van der Waals surface area (Å²) in [6, 6.07) is 23.1. The highest BCUT2D eigenvalue weighted by Crippen LogP contribution is 2.35. The van der Waals surface area contributed by atoms with Gasteiger partial charge in [-0.2, -0.15) is 0 Å². The molecule has 4 aromatic rings. The fraction of sp³-hybridized carbons (Fsp3) is 0.167. The number of phenolic OH excluding ortho intramolecular Hbond substituents is 1. The molecular weight excluding hydrogens is 500 g/mol. The molecule has 192 valence electrons. The largest absolute Gasteiger partial charge is 0.504 e. The predicted octanol–water partition coefficient (Wildman–Crippen LogP) is 4.04. The molecule has 0 amide bonds. The maximum Gasteiger partial charge on any atom is 0.338 e. The van der Waals surface area contributed by atoms with Gasteiger partial charge in [-0.3, -0.25) is 9.36 Å². The van der Waals surface area contributed by atoms with Crippen LogP contribution in [-0.2, 0) is 9.53 Å². The van der Waals surface area contributed by atoms with Crippen LogP contribution in [0.1, 0.15) is 36.6 Å². The number of aromatic nitrogens is 1. The van der Waals surface area contributed by atoms with Gasteiger partial charge >= 0.3 is 5.97 Å². The maximum atomic E-state index is 13.9. The summed E-state index contributed by atoms with van der Waals surface area (Å²) in [5.41, 5.74) is 2.74.